The molecule has 68 valence electrons. The van der Waals surface area contributed by atoms with Gasteiger partial charge in [-0.2, -0.15) is 0 Å². The number of ether oxygens (including phenoxy) is 1. The van der Waals surface area contributed by atoms with Crippen LogP contribution in [0.15, 0.2) is 28.7 Å². The minimum atomic E-state index is 0.600. The third-order valence-electron chi connectivity index (χ3n) is 1.94. The largest absolute Gasteiger partial charge is 0.465 e. The molecule has 0 fully saturated rings. The molecule has 2 nitrogen and oxygen atoms in total. The molecule has 0 N–H and O–H groups in total. The average Bonchev–Trinajstić information content (AvgIpc) is 2.46. The van der Waals surface area contributed by atoms with Crippen molar-refractivity contribution >= 4 is 11.0 Å². The fraction of sp³-hybridized carbons (Fsp3) is 0.273. The van der Waals surface area contributed by atoms with Crippen molar-refractivity contribution in [2.75, 3.05) is 6.61 Å². The van der Waals surface area contributed by atoms with Crippen molar-refractivity contribution in [1.29, 1.82) is 0 Å². The van der Waals surface area contributed by atoms with Crippen LogP contribution in [0.25, 0.3) is 11.0 Å². The second kappa shape index (κ2) is 3.13. The van der Waals surface area contributed by atoms with Crippen LogP contribution < -0.4 is 4.74 Å². The number of furan rings is 1. The fourth-order valence-corrected chi connectivity index (χ4v) is 1.35. The summed E-state index contributed by atoms with van der Waals surface area (Å²) >= 11 is 0. The van der Waals surface area contributed by atoms with Gasteiger partial charge in [0.25, 0.3) is 5.95 Å². The predicted octanol–water partition coefficient (Wildman–Crippen LogP) is 3.14. The molecule has 0 amide bonds. The highest BCUT2D eigenvalue weighted by atomic mass is 16.6. The molecule has 2 aromatic rings. The molecule has 1 aromatic heterocycles. The summed E-state index contributed by atoms with van der Waals surface area (Å²) < 4.78 is 10.7. The van der Waals surface area contributed by atoms with E-state index in [9.17, 15) is 0 Å². The van der Waals surface area contributed by atoms with Crippen molar-refractivity contribution < 1.29 is 9.15 Å². The monoisotopic (exact) mass is 176 g/mol. The SMILES string of the molecule is CCOc1cc2cc(C)ccc2o1. The summed E-state index contributed by atoms with van der Waals surface area (Å²) in [7, 11) is 0. The zero-order valence-corrected chi connectivity index (χ0v) is 7.83. The van der Waals surface area contributed by atoms with Gasteiger partial charge in [0.1, 0.15) is 5.58 Å². The number of hydrogen-bond acceptors (Lipinski definition) is 2. The molecule has 0 unspecified atom stereocenters. The number of hydrogen-bond donors (Lipinski definition) is 0. The lowest BCUT2D eigenvalue weighted by Crippen LogP contribution is -1.87. The van der Waals surface area contributed by atoms with Gasteiger partial charge < -0.3 is 9.15 Å². The Bertz CT molecular complexity index is 415. The molecular formula is C11H12O2. The summed E-state index contributed by atoms with van der Waals surface area (Å²) in [6.07, 6.45) is 0. The Labute approximate surface area is 77.1 Å². The quantitative estimate of drug-likeness (QED) is 0.701. The Morgan fingerprint density at radius 3 is 2.92 bits per heavy atom. The van der Waals surface area contributed by atoms with Gasteiger partial charge >= 0.3 is 0 Å². The van der Waals surface area contributed by atoms with Crippen LogP contribution in [0.4, 0.5) is 0 Å². The van der Waals surface area contributed by atoms with Gasteiger partial charge in [-0.15, -0.1) is 0 Å². The smallest absolute Gasteiger partial charge is 0.285 e. The molecule has 2 rings (SSSR count). The Balaban J connectivity index is 2.49. The molecule has 1 aromatic carbocycles. The summed E-state index contributed by atoms with van der Waals surface area (Å²) in [6, 6.07) is 8.00. The fourth-order valence-electron chi connectivity index (χ4n) is 1.35. The van der Waals surface area contributed by atoms with Crippen LogP contribution in [0.2, 0.25) is 0 Å². The van der Waals surface area contributed by atoms with Gasteiger partial charge in [-0.25, -0.2) is 0 Å². The molecule has 13 heavy (non-hydrogen) atoms. The summed E-state index contributed by atoms with van der Waals surface area (Å²) in [6.45, 7) is 4.64. The maximum Gasteiger partial charge on any atom is 0.285 e. The summed E-state index contributed by atoms with van der Waals surface area (Å²) in [5.41, 5.74) is 2.12. The Morgan fingerprint density at radius 2 is 2.15 bits per heavy atom. The highest BCUT2D eigenvalue weighted by Gasteiger charge is 2.02. The minimum Gasteiger partial charge on any atom is -0.465 e. The van der Waals surface area contributed by atoms with E-state index >= 15 is 0 Å². The van der Waals surface area contributed by atoms with E-state index in [2.05, 4.69) is 13.0 Å². The van der Waals surface area contributed by atoms with Gasteiger partial charge in [-0.3, -0.25) is 0 Å². The molecule has 1 heterocycles. The maximum absolute atomic E-state index is 5.44. The predicted molar refractivity (Wildman–Crippen MR) is 52.1 cm³/mol. The molecule has 0 atom stereocenters. The molecule has 0 bridgehead atoms. The number of aryl methyl sites for hydroxylation is 1. The number of benzene rings is 1. The van der Waals surface area contributed by atoms with Crippen molar-refractivity contribution in [3.63, 3.8) is 0 Å². The third kappa shape index (κ3) is 1.52. The van der Waals surface area contributed by atoms with E-state index < -0.39 is 0 Å². The van der Waals surface area contributed by atoms with E-state index in [-0.39, 0.29) is 0 Å². The number of fused-ring (bicyclic) bond motifs is 1. The Morgan fingerprint density at radius 1 is 1.31 bits per heavy atom. The van der Waals surface area contributed by atoms with E-state index in [0.717, 1.165) is 11.0 Å². The zero-order valence-electron chi connectivity index (χ0n) is 7.83. The van der Waals surface area contributed by atoms with E-state index in [4.69, 9.17) is 9.15 Å². The Kier molecular flexibility index (Phi) is 1.97. The van der Waals surface area contributed by atoms with Gasteiger partial charge in [0.2, 0.25) is 0 Å². The summed E-state index contributed by atoms with van der Waals surface area (Å²) in [5, 5.41) is 1.10. The van der Waals surface area contributed by atoms with Gasteiger partial charge in [0.15, 0.2) is 0 Å². The Hall–Kier alpha value is -1.44. The molecule has 0 aliphatic carbocycles. The second-order valence-corrected chi connectivity index (χ2v) is 3.04. The first-order valence-electron chi connectivity index (χ1n) is 4.42. The van der Waals surface area contributed by atoms with Crippen LogP contribution in [0.5, 0.6) is 5.95 Å². The molecule has 2 heteroatoms. The normalized spacial score (nSPS) is 10.6. The number of rotatable bonds is 2. The standard InChI is InChI=1S/C11H12O2/c1-3-12-11-7-9-6-8(2)4-5-10(9)13-11/h4-7H,3H2,1-2H3. The van der Waals surface area contributed by atoms with Crippen LogP contribution in [0.3, 0.4) is 0 Å². The molecule has 0 saturated carbocycles. The molecule has 0 spiro atoms. The van der Waals surface area contributed by atoms with Crippen molar-refractivity contribution in [2.24, 2.45) is 0 Å². The zero-order chi connectivity index (χ0) is 9.26. The first kappa shape index (κ1) is 8.17. The van der Waals surface area contributed by atoms with E-state index in [1.807, 2.05) is 25.1 Å². The first-order chi connectivity index (χ1) is 6.29. The van der Waals surface area contributed by atoms with E-state index in [1.165, 1.54) is 5.56 Å². The van der Waals surface area contributed by atoms with Crippen molar-refractivity contribution in [3.8, 4) is 5.95 Å². The van der Waals surface area contributed by atoms with Gasteiger partial charge in [0, 0.05) is 11.5 Å². The molecule has 0 radical (unpaired) electrons. The van der Waals surface area contributed by atoms with Crippen LogP contribution in [-0.2, 0) is 0 Å². The lowest BCUT2D eigenvalue weighted by Gasteiger charge is -1.93. The van der Waals surface area contributed by atoms with Crippen molar-refractivity contribution in [1.82, 2.24) is 0 Å². The summed E-state index contributed by atoms with van der Waals surface area (Å²) in [4.78, 5) is 0. The summed E-state index contributed by atoms with van der Waals surface area (Å²) in [5.74, 6) is 0.600. The van der Waals surface area contributed by atoms with Crippen LogP contribution in [-0.4, -0.2) is 6.61 Å². The highest BCUT2D eigenvalue weighted by molar-refractivity contribution is 5.79. The molecule has 0 aliphatic heterocycles. The van der Waals surface area contributed by atoms with Crippen LogP contribution >= 0.6 is 0 Å². The van der Waals surface area contributed by atoms with Crippen molar-refractivity contribution in [2.45, 2.75) is 13.8 Å². The van der Waals surface area contributed by atoms with Crippen LogP contribution in [0.1, 0.15) is 12.5 Å². The lowest BCUT2D eigenvalue weighted by molar-refractivity contribution is 0.265. The van der Waals surface area contributed by atoms with E-state index in [0.29, 0.717) is 12.6 Å². The van der Waals surface area contributed by atoms with E-state index in [1.54, 1.807) is 0 Å². The second-order valence-electron chi connectivity index (χ2n) is 3.04. The third-order valence-corrected chi connectivity index (χ3v) is 1.94. The van der Waals surface area contributed by atoms with Gasteiger partial charge in [-0.1, -0.05) is 11.6 Å². The van der Waals surface area contributed by atoms with Gasteiger partial charge in [-0.05, 0) is 26.0 Å². The highest BCUT2D eigenvalue weighted by Crippen LogP contribution is 2.25. The molecular weight excluding hydrogens is 164 g/mol. The van der Waals surface area contributed by atoms with Gasteiger partial charge in [0.05, 0.1) is 6.61 Å². The molecule has 0 saturated heterocycles. The topological polar surface area (TPSA) is 22.4 Å². The van der Waals surface area contributed by atoms with Crippen LogP contribution in [0, 0.1) is 6.92 Å². The first-order valence-corrected chi connectivity index (χ1v) is 4.42. The lowest BCUT2D eigenvalue weighted by atomic mass is 10.2. The van der Waals surface area contributed by atoms with Crippen molar-refractivity contribution in [3.05, 3.63) is 29.8 Å². The minimum absolute atomic E-state index is 0.600. The maximum atomic E-state index is 5.44. The average molecular weight is 176 g/mol. The molecule has 0 aliphatic rings.